The van der Waals surface area contributed by atoms with Crippen molar-refractivity contribution in [2.45, 2.75) is 20.4 Å². The molecule has 6 nitrogen and oxygen atoms in total. The van der Waals surface area contributed by atoms with Gasteiger partial charge in [0.25, 0.3) is 5.56 Å². The first-order valence-electron chi connectivity index (χ1n) is 5.44. The van der Waals surface area contributed by atoms with Gasteiger partial charge in [0.05, 0.1) is 22.1 Å². The molecule has 0 aromatic carbocycles. The highest BCUT2D eigenvalue weighted by Gasteiger charge is 2.14. The molecule has 7 heteroatoms. The van der Waals surface area contributed by atoms with Crippen LogP contribution in [-0.4, -0.2) is 20.6 Å². The molecule has 2 rings (SSSR count). The van der Waals surface area contributed by atoms with Gasteiger partial charge in [-0.05, 0) is 42.5 Å². The smallest absolute Gasteiger partial charge is 0.371 e. The fourth-order valence-electron chi connectivity index (χ4n) is 1.62. The van der Waals surface area contributed by atoms with E-state index in [1.54, 1.807) is 13.8 Å². The van der Waals surface area contributed by atoms with Crippen LogP contribution in [0, 0.1) is 17.4 Å². The van der Waals surface area contributed by atoms with Crippen molar-refractivity contribution in [3.63, 3.8) is 0 Å². The Morgan fingerprint density at radius 2 is 2.21 bits per heavy atom. The van der Waals surface area contributed by atoms with E-state index in [2.05, 4.69) is 4.98 Å². The van der Waals surface area contributed by atoms with Crippen LogP contribution in [0.5, 0.6) is 0 Å². The first-order chi connectivity index (χ1) is 8.90. The average molecular weight is 374 g/mol. The van der Waals surface area contributed by atoms with Crippen LogP contribution >= 0.6 is 22.6 Å². The second-order valence-electron chi connectivity index (χ2n) is 4.07. The molecule has 0 aliphatic rings. The molecular formula is C12H11IN2O4. The number of hydrogen-bond acceptors (Lipinski definition) is 4. The molecule has 2 heterocycles. The molecule has 0 bridgehead atoms. The third-order valence-corrected chi connectivity index (χ3v) is 3.97. The molecule has 0 aliphatic carbocycles. The Balaban J connectivity index is 2.39. The molecule has 0 saturated heterocycles. The van der Waals surface area contributed by atoms with Crippen molar-refractivity contribution < 1.29 is 14.3 Å². The molecule has 1 N–H and O–H groups in total. The third-order valence-electron chi connectivity index (χ3n) is 2.73. The van der Waals surface area contributed by atoms with Gasteiger partial charge in [-0.1, -0.05) is 0 Å². The maximum absolute atomic E-state index is 12.0. The third kappa shape index (κ3) is 2.70. The molecule has 19 heavy (non-hydrogen) atoms. The largest absolute Gasteiger partial charge is 0.475 e. The summed E-state index contributed by atoms with van der Waals surface area (Å²) >= 11 is 1.95. The molecule has 0 aliphatic heterocycles. The van der Waals surface area contributed by atoms with E-state index in [9.17, 15) is 9.59 Å². The van der Waals surface area contributed by atoms with Gasteiger partial charge >= 0.3 is 5.97 Å². The summed E-state index contributed by atoms with van der Waals surface area (Å²) in [6.07, 6.45) is 1.45. The van der Waals surface area contributed by atoms with Crippen molar-refractivity contribution in [3.8, 4) is 0 Å². The zero-order valence-corrected chi connectivity index (χ0v) is 12.5. The van der Waals surface area contributed by atoms with Gasteiger partial charge in [-0.3, -0.25) is 9.36 Å². The number of aryl methyl sites for hydroxylation is 2. The summed E-state index contributed by atoms with van der Waals surface area (Å²) in [5, 5.41) is 8.85. The van der Waals surface area contributed by atoms with Crippen LogP contribution in [-0.2, 0) is 6.54 Å². The number of aromatic carboxylic acids is 1. The molecule has 100 valence electrons. The molecule has 0 amide bonds. The second-order valence-corrected chi connectivity index (χ2v) is 5.15. The Bertz CT molecular complexity index is 702. The second kappa shape index (κ2) is 5.16. The van der Waals surface area contributed by atoms with Crippen LogP contribution in [0.3, 0.4) is 0 Å². The summed E-state index contributed by atoms with van der Waals surface area (Å²) in [6, 6.07) is 1.43. The number of halogens is 1. The van der Waals surface area contributed by atoms with Crippen LogP contribution in [0.4, 0.5) is 0 Å². The zero-order chi connectivity index (χ0) is 14.2. The van der Waals surface area contributed by atoms with Gasteiger partial charge in [-0.25, -0.2) is 9.78 Å². The van der Waals surface area contributed by atoms with E-state index in [0.717, 1.165) is 0 Å². The van der Waals surface area contributed by atoms with Crippen LogP contribution < -0.4 is 5.56 Å². The SMILES string of the molecule is Cc1ncn(Cc2cc(C(=O)O)oc2C)c(=O)c1I. The molecule has 0 fully saturated rings. The molecule has 0 saturated carbocycles. The van der Waals surface area contributed by atoms with Crippen molar-refractivity contribution in [1.29, 1.82) is 0 Å². The van der Waals surface area contributed by atoms with Gasteiger partial charge in [-0.2, -0.15) is 0 Å². The highest BCUT2D eigenvalue weighted by Crippen LogP contribution is 2.15. The van der Waals surface area contributed by atoms with Crippen molar-refractivity contribution in [2.24, 2.45) is 0 Å². The first-order valence-corrected chi connectivity index (χ1v) is 6.52. The molecule has 0 unspecified atom stereocenters. The van der Waals surface area contributed by atoms with Gasteiger partial charge in [0.15, 0.2) is 0 Å². The number of carbonyl (C=O) groups is 1. The minimum Gasteiger partial charge on any atom is -0.475 e. The minimum atomic E-state index is -1.13. The average Bonchev–Trinajstić information content (AvgIpc) is 2.72. The maximum Gasteiger partial charge on any atom is 0.371 e. The Morgan fingerprint density at radius 1 is 1.53 bits per heavy atom. The summed E-state index contributed by atoms with van der Waals surface area (Å²) in [5.74, 6) is -0.770. The summed E-state index contributed by atoms with van der Waals surface area (Å²) < 4.78 is 7.09. The normalized spacial score (nSPS) is 10.7. The topological polar surface area (TPSA) is 85.3 Å². The Morgan fingerprint density at radius 3 is 2.79 bits per heavy atom. The van der Waals surface area contributed by atoms with Gasteiger partial charge in [-0.15, -0.1) is 0 Å². The predicted molar refractivity (Wildman–Crippen MR) is 75.5 cm³/mol. The lowest BCUT2D eigenvalue weighted by Gasteiger charge is -2.05. The number of furan rings is 1. The quantitative estimate of drug-likeness (QED) is 0.829. The minimum absolute atomic E-state index is 0.129. The van der Waals surface area contributed by atoms with Gasteiger partial charge in [0.2, 0.25) is 5.76 Å². The fraction of sp³-hybridized carbons (Fsp3) is 0.250. The zero-order valence-electron chi connectivity index (χ0n) is 10.3. The van der Waals surface area contributed by atoms with E-state index in [1.165, 1.54) is 17.0 Å². The van der Waals surface area contributed by atoms with E-state index in [0.29, 0.717) is 20.6 Å². The number of rotatable bonds is 3. The summed E-state index contributed by atoms with van der Waals surface area (Å²) in [5.41, 5.74) is 1.18. The van der Waals surface area contributed by atoms with Gasteiger partial charge in [0, 0.05) is 5.56 Å². The first kappa shape index (κ1) is 13.8. The number of aromatic nitrogens is 2. The standard InChI is InChI=1S/C12H11IN2O4/c1-6-10(13)11(16)15(5-14-6)4-8-3-9(12(17)18)19-7(8)2/h3,5H,4H2,1-2H3,(H,17,18). The molecule has 2 aromatic heterocycles. The maximum atomic E-state index is 12.0. The highest BCUT2D eigenvalue weighted by molar-refractivity contribution is 14.1. The lowest BCUT2D eigenvalue weighted by Crippen LogP contribution is -2.24. The van der Waals surface area contributed by atoms with Gasteiger partial charge in [0.1, 0.15) is 5.76 Å². The molecule has 0 spiro atoms. The van der Waals surface area contributed by atoms with Crippen LogP contribution in [0.15, 0.2) is 21.6 Å². The van der Waals surface area contributed by atoms with Crippen molar-refractivity contribution >= 4 is 28.6 Å². The predicted octanol–water partition coefficient (Wildman–Crippen LogP) is 1.80. The summed E-state index contributed by atoms with van der Waals surface area (Å²) in [7, 11) is 0. The Kier molecular flexibility index (Phi) is 3.74. The van der Waals surface area contributed by atoms with Crippen molar-refractivity contribution in [2.75, 3.05) is 0 Å². The van der Waals surface area contributed by atoms with E-state index in [4.69, 9.17) is 9.52 Å². The lowest BCUT2D eigenvalue weighted by molar-refractivity contribution is 0.0661. The molecule has 0 atom stereocenters. The highest BCUT2D eigenvalue weighted by atomic mass is 127. The summed E-state index contributed by atoms with van der Waals surface area (Å²) in [6.45, 7) is 3.67. The Hall–Kier alpha value is -1.64. The van der Waals surface area contributed by atoms with Crippen molar-refractivity contribution in [3.05, 3.63) is 49.1 Å². The van der Waals surface area contributed by atoms with Crippen LogP contribution in [0.25, 0.3) is 0 Å². The number of hydrogen-bond donors (Lipinski definition) is 1. The van der Waals surface area contributed by atoms with E-state index >= 15 is 0 Å². The van der Waals surface area contributed by atoms with Crippen molar-refractivity contribution in [1.82, 2.24) is 9.55 Å². The fourth-order valence-corrected chi connectivity index (χ4v) is 2.07. The number of carboxylic acids is 1. The number of nitrogens with zero attached hydrogens (tertiary/aromatic N) is 2. The molecular weight excluding hydrogens is 363 g/mol. The number of carboxylic acid groups (broad SMARTS) is 1. The molecule has 0 radical (unpaired) electrons. The van der Waals surface area contributed by atoms with E-state index in [-0.39, 0.29) is 17.9 Å². The van der Waals surface area contributed by atoms with Crippen LogP contribution in [0.1, 0.15) is 27.6 Å². The van der Waals surface area contributed by atoms with Crippen LogP contribution in [0.2, 0.25) is 0 Å². The molecule has 2 aromatic rings. The Labute approximate surface area is 122 Å². The van der Waals surface area contributed by atoms with E-state index in [1.807, 2.05) is 22.6 Å². The summed E-state index contributed by atoms with van der Waals surface area (Å²) in [4.78, 5) is 26.9. The monoisotopic (exact) mass is 374 g/mol. The van der Waals surface area contributed by atoms with E-state index < -0.39 is 5.97 Å². The van der Waals surface area contributed by atoms with Gasteiger partial charge < -0.3 is 9.52 Å². The lowest BCUT2D eigenvalue weighted by atomic mass is 10.2.